The van der Waals surface area contributed by atoms with Crippen LogP contribution in [0.25, 0.3) is 0 Å². The van der Waals surface area contributed by atoms with Crippen molar-refractivity contribution in [2.45, 2.75) is 18.4 Å². The Labute approximate surface area is 124 Å². The Morgan fingerprint density at radius 3 is 2.64 bits per heavy atom. The molecule has 114 valence electrons. The van der Waals surface area contributed by atoms with Gasteiger partial charge >= 0.3 is 11.9 Å². The first-order chi connectivity index (χ1) is 10.4. The van der Waals surface area contributed by atoms with Crippen molar-refractivity contribution in [1.29, 1.82) is 0 Å². The second-order valence-corrected chi connectivity index (χ2v) is 5.30. The van der Waals surface area contributed by atoms with Crippen LogP contribution in [0.15, 0.2) is 24.3 Å². The lowest BCUT2D eigenvalue weighted by Crippen LogP contribution is -2.42. The molecule has 22 heavy (non-hydrogen) atoms. The minimum atomic E-state index is -1.26. The number of nitro groups is 1. The molecule has 2 aliphatic rings. The van der Waals surface area contributed by atoms with Crippen LogP contribution in [-0.4, -0.2) is 33.1 Å². The molecule has 1 heterocycles. The lowest BCUT2D eigenvalue weighted by molar-refractivity contribution is -0.385. The number of benzene rings is 1. The number of rotatable bonds is 3. The summed E-state index contributed by atoms with van der Waals surface area (Å²) >= 11 is 0. The van der Waals surface area contributed by atoms with Gasteiger partial charge in [0.05, 0.1) is 21.7 Å². The first kappa shape index (κ1) is 14.1. The maximum atomic E-state index is 11.4. The normalized spacial score (nSPS) is 25.0. The number of allylic oxidation sites excluding steroid dienone is 2. The molecule has 0 spiro atoms. The highest BCUT2D eigenvalue weighted by molar-refractivity contribution is 5.98. The van der Waals surface area contributed by atoms with Crippen LogP contribution in [0.2, 0.25) is 0 Å². The van der Waals surface area contributed by atoms with E-state index in [1.54, 1.807) is 12.2 Å². The van der Waals surface area contributed by atoms with Crippen LogP contribution in [0.1, 0.15) is 28.3 Å². The van der Waals surface area contributed by atoms with Crippen molar-refractivity contribution in [1.82, 2.24) is 0 Å². The quantitative estimate of drug-likeness (QED) is 0.441. The number of aromatic carboxylic acids is 1. The van der Waals surface area contributed by atoms with Crippen LogP contribution in [0.5, 0.6) is 0 Å². The minimum Gasteiger partial charge on any atom is -0.480 e. The van der Waals surface area contributed by atoms with Gasteiger partial charge in [0.1, 0.15) is 6.04 Å². The molecule has 1 aliphatic carbocycles. The molecule has 1 aromatic rings. The van der Waals surface area contributed by atoms with Gasteiger partial charge < -0.3 is 15.5 Å². The predicted molar refractivity (Wildman–Crippen MR) is 75.1 cm³/mol. The van der Waals surface area contributed by atoms with Crippen molar-refractivity contribution in [2.75, 3.05) is 5.32 Å². The number of hydrogen-bond acceptors (Lipinski definition) is 5. The van der Waals surface area contributed by atoms with E-state index >= 15 is 0 Å². The predicted octanol–water partition coefficient (Wildman–Crippen LogP) is 1.83. The van der Waals surface area contributed by atoms with E-state index in [1.165, 1.54) is 0 Å². The van der Waals surface area contributed by atoms with Crippen molar-refractivity contribution >= 4 is 23.3 Å². The maximum Gasteiger partial charge on any atom is 0.337 e. The highest BCUT2D eigenvalue weighted by Crippen LogP contribution is 2.49. The summed E-state index contributed by atoms with van der Waals surface area (Å²) in [5, 5.41) is 32.5. The van der Waals surface area contributed by atoms with Crippen molar-refractivity contribution in [3.8, 4) is 0 Å². The largest absolute Gasteiger partial charge is 0.480 e. The molecule has 0 fully saturated rings. The summed E-state index contributed by atoms with van der Waals surface area (Å²) in [6.45, 7) is 0. The first-order valence-electron chi connectivity index (χ1n) is 6.62. The molecule has 0 radical (unpaired) electrons. The topological polar surface area (TPSA) is 130 Å². The van der Waals surface area contributed by atoms with Crippen LogP contribution in [0.4, 0.5) is 11.4 Å². The average molecular weight is 304 g/mol. The third-order valence-electron chi connectivity index (χ3n) is 4.19. The summed E-state index contributed by atoms with van der Waals surface area (Å²) in [6.07, 6.45) is 3.97. The number of nitrogens with zero attached hydrogens (tertiary/aromatic N) is 1. The second kappa shape index (κ2) is 4.83. The van der Waals surface area contributed by atoms with E-state index < -0.39 is 28.8 Å². The molecule has 3 atom stereocenters. The van der Waals surface area contributed by atoms with E-state index in [2.05, 4.69) is 5.32 Å². The molecule has 0 unspecified atom stereocenters. The number of aliphatic carboxylic acids is 1. The fraction of sp³-hybridized carbons (Fsp3) is 0.286. The lowest BCUT2D eigenvalue weighted by atomic mass is 9.77. The van der Waals surface area contributed by atoms with Gasteiger partial charge in [-0.1, -0.05) is 12.2 Å². The molecule has 0 saturated heterocycles. The summed E-state index contributed by atoms with van der Waals surface area (Å²) in [7, 11) is 0. The lowest BCUT2D eigenvalue weighted by Gasteiger charge is -2.34. The minimum absolute atomic E-state index is 0.0295. The third kappa shape index (κ3) is 1.92. The summed E-state index contributed by atoms with van der Waals surface area (Å²) in [5.74, 6) is -3.21. The molecule has 0 bridgehead atoms. The smallest absolute Gasteiger partial charge is 0.337 e. The molecule has 3 rings (SSSR count). The number of anilines is 1. The van der Waals surface area contributed by atoms with Gasteiger partial charge in [-0.2, -0.15) is 0 Å². The number of nitro benzene ring substituents is 1. The summed E-state index contributed by atoms with van der Waals surface area (Å²) < 4.78 is 0. The standard InChI is InChI=1S/C14H12N2O6/c17-13(18)8-4-5-9(16(21)22)10-6-2-1-3-7(6)12(14(19)20)15-11(8)10/h1-2,4-7,12,15H,3H2,(H,17,18)(H,19,20)/t6-,7-,12-/m0/s1. The molecule has 1 aliphatic heterocycles. The number of carboxylic acids is 2. The van der Waals surface area contributed by atoms with Crippen molar-refractivity contribution in [3.63, 3.8) is 0 Å². The average Bonchev–Trinajstić information content (AvgIpc) is 2.93. The van der Waals surface area contributed by atoms with Gasteiger partial charge in [-0.3, -0.25) is 10.1 Å². The van der Waals surface area contributed by atoms with Gasteiger partial charge in [-0.25, -0.2) is 9.59 Å². The zero-order valence-electron chi connectivity index (χ0n) is 11.2. The molecular weight excluding hydrogens is 292 g/mol. The highest BCUT2D eigenvalue weighted by atomic mass is 16.6. The van der Waals surface area contributed by atoms with E-state index in [0.717, 1.165) is 12.1 Å². The SMILES string of the molecule is O=C(O)c1ccc([N+](=O)[O-])c2c1N[C@H](C(=O)O)[C@H]1CC=C[C@H]21. The molecule has 0 amide bonds. The van der Waals surface area contributed by atoms with Crippen molar-refractivity contribution < 1.29 is 24.7 Å². The van der Waals surface area contributed by atoms with Gasteiger partial charge in [0.2, 0.25) is 0 Å². The van der Waals surface area contributed by atoms with Crippen molar-refractivity contribution in [3.05, 3.63) is 45.5 Å². The third-order valence-corrected chi connectivity index (χ3v) is 4.19. The number of fused-ring (bicyclic) bond motifs is 3. The van der Waals surface area contributed by atoms with Gasteiger partial charge in [-0.15, -0.1) is 0 Å². The van der Waals surface area contributed by atoms with Gasteiger partial charge in [0, 0.05) is 17.9 Å². The van der Waals surface area contributed by atoms with E-state index in [-0.39, 0.29) is 28.4 Å². The van der Waals surface area contributed by atoms with Crippen LogP contribution in [-0.2, 0) is 4.79 Å². The highest BCUT2D eigenvalue weighted by Gasteiger charge is 2.45. The van der Waals surface area contributed by atoms with Crippen LogP contribution >= 0.6 is 0 Å². The second-order valence-electron chi connectivity index (χ2n) is 5.30. The van der Waals surface area contributed by atoms with E-state index in [4.69, 9.17) is 0 Å². The van der Waals surface area contributed by atoms with Crippen LogP contribution in [0, 0.1) is 16.0 Å². The molecule has 1 aromatic carbocycles. The van der Waals surface area contributed by atoms with Gasteiger partial charge in [-0.05, 0) is 12.5 Å². The molecule has 0 saturated carbocycles. The Hall–Kier alpha value is -2.90. The molecular formula is C14H12N2O6. The maximum absolute atomic E-state index is 11.4. The Balaban J connectivity index is 2.27. The molecule has 8 heteroatoms. The molecule has 0 aromatic heterocycles. The number of carbonyl (C=O) groups is 2. The fourth-order valence-corrected chi connectivity index (χ4v) is 3.27. The molecule has 3 N–H and O–H groups in total. The van der Waals surface area contributed by atoms with E-state index in [9.17, 15) is 29.9 Å². The van der Waals surface area contributed by atoms with Gasteiger partial charge in [0.15, 0.2) is 0 Å². The molecule has 8 nitrogen and oxygen atoms in total. The summed E-state index contributed by atoms with van der Waals surface area (Å²) in [6, 6.07) is 1.31. The van der Waals surface area contributed by atoms with Crippen LogP contribution < -0.4 is 5.32 Å². The van der Waals surface area contributed by atoms with Crippen LogP contribution in [0.3, 0.4) is 0 Å². The Bertz CT molecular complexity index is 726. The summed E-state index contributed by atoms with van der Waals surface area (Å²) in [4.78, 5) is 33.5. The zero-order chi connectivity index (χ0) is 16.0. The Morgan fingerprint density at radius 2 is 2.05 bits per heavy atom. The van der Waals surface area contributed by atoms with Crippen molar-refractivity contribution in [2.24, 2.45) is 5.92 Å². The zero-order valence-corrected chi connectivity index (χ0v) is 11.2. The number of hydrogen-bond donors (Lipinski definition) is 3. The number of carboxylic acid groups (broad SMARTS) is 2. The van der Waals surface area contributed by atoms with E-state index in [1.807, 2.05) is 0 Å². The van der Waals surface area contributed by atoms with E-state index in [0.29, 0.717) is 6.42 Å². The van der Waals surface area contributed by atoms with Gasteiger partial charge in [0.25, 0.3) is 5.69 Å². The fourth-order valence-electron chi connectivity index (χ4n) is 3.27. The monoisotopic (exact) mass is 304 g/mol. The first-order valence-corrected chi connectivity index (χ1v) is 6.62. The Morgan fingerprint density at radius 1 is 1.32 bits per heavy atom. The number of nitrogens with one attached hydrogen (secondary N) is 1. The Kier molecular flexibility index (Phi) is 3.09. The summed E-state index contributed by atoms with van der Waals surface area (Å²) in [5.41, 5.74) is -0.0773.